The molecule has 0 bridgehead atoms. The van der Waals surface area contributed by atoms with E-state index in [0.717, 1.165) is 16.0 Å². The average Bonchev–Trinajstić information content (AvgIpc) is 2.76. The third kappa shape index (κ3) is 2.24. The molecule has 1 N–H and O–H groups in total. The van der Waals surface area contributed by atoms with Crippen molar-refractivity contribution < 1.29 is 0 Å². The summed E-state index contributed by atoms with van der Waals surface area (Å²) in [5, 5.41) is 1.28. The van der Waals surface area contributed by atoms with Crippen LogP contribution in [0.1, 0.15) is 10.7 Å². The molecule has 1 aromatic carbocycles. The van der Waals surface area contributed by atoms with Crippen molar-refractivity contribution >= 4 is 44.8 Å². The summed E-state index contributed by atoms with van der Waals surface area (Å²) in [7, 11) is 0. The minimum atomic E-state index is -0.153. The van der Waals surface area contributed by atoms with E-state index in [0.29, 0.717) is 21.1 Å². The van der Waals surface area contributed by atoms with Crippen LogP contribution in [-0.4, -0.2) is 9.97 Å². The molecule has 0 spiro atoms. The third-order valence-electron chi connectivity index (χ3n) is 3.05. The maximum atomic E-state index is 12.3. The number of hydrogen-bond donors (Lipinski definition) is 1. The number of rotatable bonds is 2. The van der Waals surface area contributed by atoms with E-state index in [9.17, 15) is 4.79 Å². The first-order valence-electron chi connectivity index (χ1n) is 5.94. The van der Waals surface area contributed by atoms with Gasteiger partial charge in [0, 0.05) is 15.5 Å². The molecule has 0 aliphatic carbocycles. The Balaban J connectivity index is 2.33. The number of nitrogens with one attached hydrogen (secondary N) is 1. The number of aromatic nitrogens is 2. The number of H-pyrrole nitrogens is 1. The lowest BCUT2D eigenvalue weighted by Gasteiger charge is -2.02. The van der Waals surface area contributed by atoms with Gasteiger partial charge in [0.05, 0.1) is 11.3 Å². The fourth-order valence-electron chi connectivity index (χ4n) is 2.19. The van der Waals surface area contributed by atoms with Gasteiger partial charge in [-0.2, -0.15) is 0 Å². The van der Waals surface area contributed by atoms with Gasteiger partial charge in [-0.05, 0) is 24.6 Å². The second-order valence-corrected chi connectivity index (χ2v) is 6.27. The number of aromatic amines is 1. The van der Waals surface area contributed by atoms with Crippen molar-refractivity contribution in [3.05, 3.63) is 50.3 Å². The molecule has 0 saturated carbocycles. The number of halogens is 2. The first kappa shape index (κ1) is 13.6. The van der Waals surface area contributed by atoms with Gasteiger partial charge in [-0.3, -0.25) is 4.79 Å². The van der Waals surface area contributed by atoms with Crippen LogP contribution in [0, 0.1) is 6.92 Å². The van der Waals surface area contributed by atoms with E-state index in [2.05, 4.69) is 9.97 Å². The summed E-state index contributed by atoms with van der Waals surface area (Å²) >= 11 is 13.1. The largest absolute Gasteiger partial charge is 0.309 e. The van der Waals surface area contributed by atoms with Crippen LogP contribution in [0.25, 0.3) is 21.3 Å². The third-order valence-corrected chi connectivity index (χ3v) is 4.55. The minimum absolute atomic E-state index is 0.153. The zero-order valence-corrected chi connectivity index (χ0v) is 12.9. The molecule has 0 unspecified atom stereocenters. The van der Waals surface area contributed by atoms with Crippen molar-refractivity contribution in [2.24, 2.45) is 0 Å². The molecule has 0 atom stereocenters. The van der Waals surface area contributed by atoms with Gasteiger partial charge in [-0.1, -0.05) is 23.7 Å². The highest BCUT2D eigenvalue weighted by Gasteiger charge is 2.16. The van der Waals surface area contributed by atoms with Crippen LogP contribution in [0.2, 0.25) is 5.02 Å². The SMILES string of the molecule is Cc1sc2nc(CCl)[nH]c(=O)c2c1-c1ccc(Cl)cc1. The van der Waals surface area contributed by atoms with Gasteiger partial charge in [0.1, 0.15) is 10.7 Å². The molecular formula is C14H10Cl2N2OS. The summed E-state index contributed by atoms with van der Waals surface area (Å²) in [6.07, 6.45) is 0. The fourth-order valence-corrected chi connectivity index (χ4v) is 3.51. The first-order chi connectivity index (χ1) is 9.60. The lowest BCUT2D eigenvalue weighted by molar-refractivity contribution is 1.04. The fraction of sp³-hybridized carbons (Fsp3) is 0.143. The summed E-state index contributed by atoms with van der Waals surface area (Å²) in [6.45, 7) is 1.98. The Kier molecular flexibility index (Phi) is 3.54. The number of benzene rings is 1. The number of aryl methyl sites for hydroxylation is 1. The standard InChI is InChI=1S/C14H10Cl2N2OS/c1-7-11(8-2-4-9(16)5-3-8)12-13(19)17-10(6-15)18-14(12)20-7/h2-5H,6H2,1H3,(H,17,18,19). The smallest absolute Gasteiger partial charge is 0.260 e. The van der Waals surface area contributed by atoms with E-state index in [1.807, 2.05) is 31.2 Å². The van der Waals surface area contributed by atoms with Crippen LogP contribution in [0.5, 0.6) is 0 Å². The van der Waals surface area contributed by atoms with Crippen LogP contribution in [0.3, 0.4) is 0 Å². The molecule has 20 heavy (non-hydrogen) atoms. The molecule has 2 heterocycles. The van der Waals surface area contributed by atoms with E-state index < -0.39 is 0 Å². The molecule has 0 saturated heterocycles. The Morgan fingerprint density at radius 3 is 2.65 bits per heavy atom. The van der Waals surface area contributed by atoms with Crippen LogP contribution in [-0.2, 0) is 5.88 Å². The van der Waals surface area contributed by atoms with Crippen LogP contribution >= 0.6 is 34.5 Å². The molecule has 3 nitrogen and oxygen atoms in total. The Hall–Kier alpha value is -1.36. The Bertz CT molecular complexity index is 837. The molecule has 3 rings (SSSR count). The van der Waals surface area contributed by atoms with Crippen molar-refractivity contribution in [1.29, 1.82) is 0 Å². The number of alkyl halides is 1. The van der Waals surface area contributed by atoms with Gasteiger partial charge in [0.25, 0.3) is 5.56 Å². The van der Waals surface area contributed by atoms with Crippen molar-refractivity contribution in [3.63, 3.8) is 0 Å². The van der Waals surface area contributed by atoms with Gasteiger partial charge >= 0.3 is 0 Å². The van der Waals surface area contributed by atoms with Gasteiger partial charge in [0.2, 0.25) is 0 Å². The highest BCUT2D eigenvalue weighted by molar-refractivity contribution is 7.19. The molecule has 0 radical (unpaired) electrons. The molecule has 0 aliphatic heterocycles. The Labute approximate surface area is 129 Å². The monoisotopic (exact) mass is 324 g/mol. The Morgan fingerprint density at radius 2 is 2.00 bits per heavy atom. The molecule has 3 aromatic rings. The van der Waals surface area contributed by atoms with E-state index in [1.54, 1.807) is 0 Å². The summed E-state index contributed by atoms with van der Waals surface area (Å²) < 4.78 is 0. The summed E-state index contributed by atoms with van der Waals surface area (Å²) in [4.78, 5) is 21.1. The van der Waals surface area contributed by atoms with Crippen molar-refractivity contribution in [2.45, 2.75) is 12.8 Å². The van der Waals surface area contributed by atoms with Crippen LogP contribution in [0.15, 0.2) is 29.1 Å². The molecule has 0 amide bonds. The molecule has 2 aromatic heterocycles. The lowest BCUT2D eigenvalue weighted by atomic mass is 10.0. The van der Waals surface area contributed by atoms with Gasteiger partial charge in [-0.25, -0.2) is 4.98 Å². The van der Waals surface area contributed by atoms with Crippen LogP contribution in [0.4, 0.5) is 0 Å². The van der Waals surface area contributed by atoms with Crippen molar-refractivity contribution in [2.75, 3.05) is 0 Å². The molecule has 6 heteroatoms. The number of nitrogens with zero attached hydrogens (tertiary/aromatic N) is 1. The molecule has 0 aliphatic rings. The second-order valence-electron chi connectivity index (χ2n) is 4.37. The predicted octanol–water partition coefficient (Wildman–Crippen LogP) is 4.35. The maximum absolute atomic E-state index is 12.3. The summed E-state index contributed by atoms with van der Waals surface area (Å²) in [5.74, 6) is 0.686. The number of fused-ring (bicyclic) bond motifs is 1. The van der Waals surface area contributed by atoms with Crippen LogP contribution < -0.4 is 5.56 Å². The second kappa shape index (κ2) is 5.20. The Morgan fingerprint density at radius 1 is 1.30 bits per heavy atom. The predicted molar refractivity (Wildman–Crippen MR) is 85.0 cm³/mol. The van der Waals surface area contributed by atoms with Crippen molar-refractivity contribution in [3.8, 4) is 11.1 Å². The minimum Gasteiger partial charge on any atom is -0.309 e. The van der Waals surface area contributed by atoms with Gasteiger partial charge in [0.15, 0.2) is 0 Å². The van der Waals surface area contributed by atoms with E-state index >= 15 is 0 Å². The highest BCUT2D eigenvalue weighted by atomic mass is 35.5. The zero-order valence-electron chi connectivity index (χ0n) is 10.5. The molecule has 0 fully saturated rings. The van der Waals surface area contributed by atoms with E-state index in [-0.39, 0.29) is 11.4 Å². The van der Waals surface area contributed by atoms with Gasteiger partial charge in [-0.15, -0.1) is 22.9 Å². The summed E-state index contributed by atoms with van der Waals surface area (Å²) in [5.41, 5.74) is 1.72. The normalized spacial score (nSPS) is 11.2. The van der Waals surface area contributed by atoms with E-state index in [4.69, 9.17) is 23.2 Å². The molecule has 102 valence electrons. The first-order valence-corrected chi connectivity index (χ1v) is 7.67. The topological polar surface area (TPSA) is 45.8 Å². The molecular weight excluding hydrogens is 315 g/mol. The van der Waals surface area contributed by atoms with Crippen molar-refractivity contribution in [1.82, 2.24) is 9.97 Å². The van der Waals surface area contributed by atoms with E-state index in [1.165, 1.54) is 11.3 Å². The van der Waals surface area contributed by atoms with Gasteiger partial charge < -0.3 is 4.98 Å². The summed E-state index contributed by atoms with van der Waals surface area (Å²) in [6, 6.07) is 7.45. The highest BCUT2D eigenvalue weighted by Crippen LogP contribution is 2.35. The zero-order chi connectivity index (χ0) is 14.3. The number of hydrogen-bond acceptors (Lipinski definition) is 3. The lowest BCUT2D eigenvalue weighted by Crippen LogP contribution is -2.10. The quantitative estimate of drug-likeness (QED) is 0.712. The maximum Gasteiger partial charge on any atom is 0.260 e. The number of thiophene rings is 1. The average molecular weight is 325 g/mol.